The Balaban J connectivity index is 1.80. The highest BCUT2D eigenvalue weighted by Crippen LogP contribution is 2.36. The molecule has 1 aliphatic rings. The summed E-state index contributed by atoms with van der Waals surface area (Å²) in [6, 6.07) is 11.2. The predicted octanol–water partition coefficient (Wildman–Crippen LogP) is 3.66. The van der Waals surface area contributed by atoms with Gasteiger partial charge in [0.05, 0.1) is 14.2 Å². The number of aryl methyl sites for hydroxylation is 1. The van der Waals surface area contributed by atoms with Crippen LogP contribution in [0.1, 0.15) is 29.2 Å². The third-order valence-electron chi connectivity index (χ3n) is 4.42. The van der Waals surface area contributed by atoms with E-state index in [1.807, 2.05) is 6.07 Å². The molecule has 2 aromatic carbocycles. The number of hydrogen-bond acceptors (Lipinski definition) is 3. The van der Waals surface area contributed by atoms with Crippen LogP contribution in [0, 0.1) is 5.82 Å². The van der Waals surface area contributed by atoms with E-state index in [2.05, 4.69) is 17.4 Å². The molecule has 0 amide bonds. The molecule has 0 aromatic heterocycles. The van der Waals surface area contributed by atoms with Crippen molar-refractivity contribution in [3.63, 3.8) is 0 Å². The molecule has 0 fully saturated rings. The minimum absolute atomic E-state index is 0.175. The van der Waals surface area contributed by atoms with Gasteiger partial charge in [0, 0.05) is 6.04 Å². The fourth-order valence-electron chi connectivity index (χ4n) is 3.23. The van der Waals surface area contributed by atoms with Crippen LogP contribution in [0.25, 0.3) is 0 Å². The van der Waals surface area contributed by atoms with E-state index in [4.69, 9.17) is 9.47 Å². The van der Waals surface area contributed by atoms with Crippen molar-refractivity contribution in [2.24, 2.45) is 0 Å². The highest BCUT2D eigenvalue weighted by molar-refractivity contribution is 5.49. The topological polar surface area (TPSA) is 30.5 Å². The molecule has 0 bridgehead atoms. The van der Waals surface area contributed by atoms with Gasteiger partial charge in [-0.2, -0.15) is 0 Å². The summed E-state index contributed by atoms with van der Waals surface area (Å²) in [5, 5.41) is 3.56. The molecule has 4 heteroatoms. The zero-order chi connectivity index (χ0) is 16.2. The standard InChI is InChI=1S/C19H22FNO2/c1-22-18-11-14-8-9-21-17(16(14)12-19(18)23-2)7-6-13-4-3-5-15(20)10-13/h3-5,10-12,17,21H,6-9H2,1-2H3/t17-/m0/s1. The molecule has 0 radical (unpaired) electrons. The molecular weight excluding hydrogens is 293 g/mol. The summed E-state index contributed by atoms with van der Waals surface area (Å²) < 4.78 is 24.1. The molecule has 1 aliphatic heterocycles. The monoisotopic (exact) mass is 315 g/mol. The smallest absolute Gasteiger partial charge is 0.161 e. The molecule has 122 valence electrons. The summed E-state index contributed by atoms with van der Waals surface area (Å²) in [5.74, 6) is 1.36. The van der Waals surface area contributed by atoms with Crippen molar-refractivity contribution >= 4 is 0 Å². The lowest BCUT2D eigenvalue weighted by atomic mass is 9.90. The Hall–Kier alpha value is -2.07. The van der Waals surface area contributed by atoms with Gasteiger partial charge in [0.1, 0.15) is 5.82 Å². The molecule has 0 aliphatic carbocycles. The van der Waals surface area contributed by atoms with Crippen molar-refractivity contribution in [3.8, 4) is 11.5 Å². The first-order valence-electron chi connectivity index (χ1n) is 7.94. The number of benzene rings is 2. The van der Waals surface area contributed by atoms with Crippen LogP contribution in [-0.2, 0) is 12.8 Å². The van der Waals surface area contributed by atoms with Crippen LogP contribution in [0.3, 0.4) is 0 Å². The lowest BCUT2D eigenvalue weighted by Crippen LogP contribution is -2.30. The lowest BCUT2D eigenvalue weighted by Gasteiger charge is -2.28. The molecule has 0 saturated carbocycles. The van der Waals surface area contributed by atoms with Crippen LogP contribution in [0.15, 0.2) is 36.4 Å². The minimum atomic E-state index is -0.175. The average molecular weight is 315 g/mol. The van der Waals surface area contributed by atoms with Gasteiger partial charge in [-0.25, -0.2) is 4.39 Å². The summed E-state index contributed by atoms with van der Waals surface area (Å²) in [6.07, 6.45) is 2.74. The molecular formula is C19H22FNO2. The second-order valence-corrected chi connectivity index (χ2v) is 5.83. The number of halogens is 1. The quantitative estimate of drug-likeness (QED) is 0.913. The van der Waals surface area contributed by atoms with Crippen molar-refractivity contribution in [1.82, 2.24) is 5.32 Å². The van der Waals surface area contributed by atoms with Gasteiger partial charge in [-0.3, -0.25) is 0 Å². The van der Waals surface area contributed by atoms with E-state index in [9.17, 15) is 4.39 Å². The SMILES string of the molecule is COc1cc2c(cc1OC)[C@H](CCc1cccc(F)c1)NCC2. The largest absolute Gasteiger partial charge is 0.493 e. The van der Waals surface area contributed by atoms with Gasteiger partial charge in [-0.15, -0.1) is 0 Å². The first kappa shape index (κ1) is 15.8. The van der Waals surface area contributed by atoms with Crippen LogP contribution in [-0.4, -0.2) is 20.8 Å². The highest BCUT2D eigenvalue weighted by atomic mass is 19.1. The molecule has 3 nitrogen and oxygen atoms in total. The molecule has 1 heterocycles. The summed E-state index contributed by atoms with van der Waals surface area (Å²) in [6.45, 7) is 0.941. The van der Waals surface area contributed by atoms with E-state index in [1.165, 1.54) is 17.2 Å². The minimum Gasteiger partial charge on any atom is -0.493 e. The fourth-order valence-corrected chi connectivity index (χ4v) is 3.23. The molecule has 3 rings (SSSR count). The van der Waals surface area contributed by atoms with E-state index in [1.54, 1.807) is 26.4 Å². The fraction of sp³-hybridized carbons (Fsp3) is 0.368. The third-order valence-corrected chi connectivity index (χ3v) is 4.42. The van der Waals surface area contributed by atoms with Crippen LogP contribution < -0.4 is 14.8 Å². The zero-order valence-electron chi connectivity index (χ0n) is 13.6. The Morgan fingerprint density at radius 1 is 1.13 bits per heavy atom. The Bertz CT molecular complexity index is 687. The first-order valence-corrected chi connectivity index (χ1v) is 7.94. The Morgan fingerprint density at radius 2 is 1.91 bits per heavy atom. The summed E-state index contributed by atoms with van der Waals surface area (Å²) in [5.41, 5.74) is 3.58. The average Bonchev–Trinajstić information content (AvgIpc) is 2.58. The molecule has 1 atom stereocenters. The van der Waals surface area contributed by atoms with Crippen molar-refractivity contribution in [1.29, 1.82) is 0 Å². The highest BCUT2D eigenvalue weighted by Gasteiger charge is 2.22. The summed E-state index contributed by atoms with van der Waals surface area (Å²) in [7, 11) is 3.31. The second kappa shape index (κ2) is 7.01. The van der Waals surface area contributed by atoms with Crippen LogP contribution >= 0.6 is 0 Å². The van der Waals surface area contributed by atoms with Crippen LogP contribution in [0.2, 0.25) is 0 Å². The molecule has 2 aromatic rings. The summed E-state index contributed by atoms with van der Waals surface area (Å²) in [4.78, 5) is 0. The van der Waals surface area contributed by atoms with Crippen molar-refractivity contribution in [2.75, 3.05) is 20.8 Å². The number of methoxy groups -OCH3 is 2. The first-order chi connectivity index (χ1) is 11.2. The maximum absolute atomic E-state index is 13.3. The normalized spacial score (nSPS) is 16.7. The van der Waals surface area contributed by atoms with E-state index in [0.29, 0.717) is 0 Å². The third kappa shape index (κ3) is 3.48. The maximum atomic E-state index is 13.3. The van der Waals surface area contributed by atoms with E-state index >= 15 is 0 Å². The van der Waals surface area contributed by atoms with E-state index in [0.717, 1.165) is 42.9 Å². The maximum Gasteiger partial charge on any atom is 0.161 e. The molecule has 0 saturated heterocycles. The van der Waals surface area contributed by atoms with Crippen molar-refractivity contribution in [3.05, 3.63) is 58.9 Å². The van der Waals surface area contributed by atoms with Gasteiger partial charge in [0.25, 0.3) is 0 Å². The molecule has 23 heavy (non-hydrogen) atoms. The molecule has 1 N–H and O–H groups in total. The van der Waals surface area contributed by atoms with Gasteiger partial charge in [0.2, 0.25) is 0 Å². The van der Waals surface area contributed by atoms with Gasteiger partial charge in [0.15, 0.2) is 11.5 Å². The number of ether oxygens (including phenoxy) is 2. The van der Waals surface area contributed by atoms with E-state index < -0.39 is 0 Å². The van der Waals surface area contributed by atoms with Crippen molar-refractivity contribution in [2.45, 2.75) is 25.3 Å². The molecule has 0 unspecified atom stereocenters. The number of hydrogen-bond donors (Lipinski definition) is 1. The zero-order valence-corrected chi connectivity index (χ0v) is 13.6. The summed E-state index contributed by atoms with van der Waals surface area (Å²) >= 11 is 0. The van der Waals surface area contributed by atoms with Crippen LogP contribution in [0.4, 0.5) is 4.39 Å². The van der Waals surface area contributed by atoms with Crippen LogP contribution in [0.5, 0.6) is 11.5 Å². The number of rotatable bonds is 5. The second-order valence-electron chi connectivity index (χ2n) is 5.83. The lowest BCUT2D eigenvalue weighted by molar-refractivity contribution is 0.351. The number of fused-ring (bicyclic) bond motifs is 1. The number of nitrogens with one attached hydrogen (secondary N) is 1. The van der Waals surface area contributed by atoms with Gasteiger partial charge < -0.3 is 14.8 Å². The Kier molecular flexibility index (Phi) is 4.82. The van der Waals surface area contributed by atoms with Gasteiger partial charge in [-0.05, 0) is 66.8 Å². The molecule has 0 spiro atoms. The Labute approximate surface area is 136 Å². The predicted molar refractivity (Wildman–Crippen MR) is 88.7 cm³/mol. The van der Waals surface area contributed by atoms with E-state index in [-0.39, 0.29) is 11.9 Å². The van der Waals surface area contributed by atoms with Gasteiger partial charge >= 0.3 is 0 Å². The van der Waals surface area contributed by atoms with Gasteiger partial charge in [-0.1, -0.05) is 12.1 Å². The Morgan fingerprint density at radius 3 is 2.65 bits per heavy atom. The van der Waals surface area contributed by atoms with Crippen molar-refractivity contribution < 1.29 is 13.9 Å².